The van der Waals surface area contributed by atoms with E-state index < -0.39 is 29.7 Å². The van der Waals surface area contributed by atoms with E-state index >= 15 is 0 Å². The van der Waals surface area contributed by atoms with E-state index in [2.05, 4.69) is 15.0 Å². The number of alkyl halides is 3. The number of carbonyl (C=O) groups excluding carboxylic acids is 3. The number of halogens is 3. The summed E-state index contributed by atoms with van der Waals surface area (Å²) in [6.07, 6.45) is -1.11. The van der Waals surface area contributed by atoms with Crippen LogP contribution in [-0.4, -0.2) is 86.8 Å². The minimum atomic E-state index is -4.50. The third-order valence-corrected chi connectivity index (χ3v) is 5.84. The summed E-state index contributed by atoms with van der Waals surface area (Å²) in [7, 11) is 2.26. The molecule has 0 aromatic heterocycles. The van der Waals surface area contributed by atoms with E-state index in [9.17, 15) is 27.6 Å². The van der Waals surface area contributed by atoms with E-state index in [1.54, 1.807) is 30.3 Å². The van der Waals surface area contributed by atoms with Crippen LogP contribution < -0.4 is 5.32 Å². The molecule has 9 nitrogen and oxygen atoms in total. The van der Waals surface area contributed by atoms with E-state index in [4.69, 9.17) is 9.84 Å². The van der Waals surface area contributed by atoms with Gasteiger partial charge in [-0.3, -0.25) is 14.5 Å². The highest BCUT2D eigenvalue weighted by Gasteiger charge is 2.31. The van der Waals surface area contributed by atoms with Crippen LogP contribution in [0.25, 0.3) is 6.08 Å². The van der Waals surface area contributed by atoms with Gasteiger partial charge >= 0.3 is 12.1 Å². The summed E-state index contributed by atoms with van der Waals surface area (Å²) < 4.78 is 48.6. The van der Waals surface area contributed by atoms with Crippen LogP contribution in [0.1, 0.15) is 22.7 Å². The molecule has 212 valence electrons. The second-order valence-electron chi connectivity index (χ2n) is 8.29. The van der Waals surface area contributed by atoms with Gasteiger partial charge in [0.1, 0.15) is 6.04 Å². The molecule has 39 heavy (non-hydrogen) atoms. The fraction of sp³-hybridized carbons (Fsp3) is 0.370. The van der Waals surface area contributed by atoms with Crippen molar-refractivity contribution in [3.05, 3.63) is 71.3 Å². The van der Waals surface area contributed by atoms with Crippen LogP contribution in [0.3, 0.4) is 0 Å². The molecule has 1 aliphatic rings. The second-order valence-corrected chi connectivity index (χ2v) is 8.29. The lowest BCUT2D eigenvalue weighted by atomic mass is 10.0. The molecule has 0 radical (unpaired) electrons. The van der Waals surface area contributed by atoms with Crippen molar-refractivity contribution in [1.29, 1.82) is 0 Å². The van der Waals surface area contributed by atoms with Gasteiger partial charge in [-0.1, -0.05) is 24.3 Å². The molecule has 1 heterocycles. The van der Waals surface area contributed by atoms with Gasteiger partial charge in [0.15, 0.2) is 0 Å². The molecule has 1 atom stereocenters. The number of benzene rings is 2. The number of morpholine rings is 1. The molecule has 0 bridgehead atoms. The molecule has 12 heteroatoms. The Morgan fingerprint density at radius 3 is 2.26 bits per heavy atom. The van der Waals surface area contributed by atoms with Crippen molar-refractivity contribution in [3.8, 4) is 0 Å². The first-order chi connectivity index (χ1) is 18.7. The number of esters is 1. The van der Waals surface area contributed by atoms with Crippen LogP contribution in [0.2, 0.25) is 0 Å². The number of anilines is 1. The van der Waals surface area contributed by atoms with Gasteiger partial charge in [-0.25, -0.2) is 4.79 Å². The molecule has 2 aromatic rings. The number of aliphatic hydroxyl groups excluding tert-OH is 1. The maximum atomic E-state index is 13.3. The van der Waals surface area contributed by atoms with Crippen LogP contribution in [-0.2, 0) is 30.0 Å². The first-order valence-corrected chi connectivity index (χ1v) is 12.0. The predicted octanol–water partition coefficient (Wildman–Crippen LogP) is 2.97. The highest BCUT2D eigenvalue weighted by Crippen LogP contribution is 2.30. The predicted molar refractivity (Wildman–Crippen MR) is 138 cm³/mol. The lowest BCUT2D eigenvalue weighted by Crippen LogP contribution is -2.44. The minimum absolute atomic E-state index is 0.166. The van der Waals surface area contributed by atoms with Crippen LogP contribution in [0.4, 0.5) is 18.9 Å². The molecule has 1 unspecified atom stereocenters. The molecule has 1 saturated heterocycles. The lowest BCUT2D eigenvalue weighted by molar-refractivity contribution is -0.137. The molecular weight excluding hydrogens is 519 g/mol. The summed E-state index contributed by atoms with van der Waals surface area (Å²) in [6, 6.07) is 9.70. The average molecular weight is 552 g/mol. The number of hydrogen-bond donors (Lipinski definition) is 2. The molecule has 0 aliphatic carbocycles. The Balaban J connectivity index is 0.00000260. The molecule has 0 spiro atoms. The van der Waals surface area contributed by atoms with Gasteiger partial charge in [-0.15, -0.1) is 0 Å². The van der Waals surface area contributed by atoms with Crippen molar-refractivity contribution in [2.75, 3.05) is 58.9 Å². The van der Waals surface area contributed by atoms with Crippen molar-refractivity contribution in [2.45, 2.75) is 12.2 Å². The van der Waals surface area contributed by atoms with Gasteiger partial charge in [0.05, 0.1) is 25.9 Å². The Labute approximate surface area is 224 Å². The number of nitrogens with zero attached hydrogens (tertiary/aromatic N) is 2. The summed E-state index contributed by atoms with van der Waals surface area (Å²) in [5.41, 5.74) is 0.494. The Hall–Kier alpha value is -3.74. The molecule has 2 N–H and O–H groups in total. The Morgan fingerprint density at radius 1 is 1.10 bits per heavy atom. The Bertz CT molecular complexity index is 1090. The van der Waals surface area contributed by atoms with E-state index in [1.807, 2.05) is 0 Å². The third-order valence-electron chi connectivity index (χ3n) is 5.84. The first kappa shape index (κ1) is 31.5. The van der Waals surface area contributed by atoms with Gasteiger partial charge < -0.3 is 24.8 Å². The zero-order chi connectivity index (χ0) is 28.8. The molecule has 1 aliphatic heterocycles. The summed E-state index contributed by atoms with van der Waals surface area (Å²) in [5.74, 6) is -1.10. The number of carbonyl (C=O) groups is 3. The van der Waals surface area contributed by atoms with Crippen LogP contribution in [0, 0.1) is 0 Å². The molecule has 3 rings (SSSR count). The van der Waals surface area contributed by atoms with Crippen molar-refractivity contribution >= 4 is 30.0 Å². The molecule has 1 fully saturated rings. The van der Waals surface area contributed by atoms with Crippen molar-refractivity contribution < 1.29 is 42.1 Å². The molecule has 0 saturated carbocycles. The fourth-order valence-corrected chi connectivity index (χ4v) is 3.79. The Morgan fingerprint density at radius 2 is 1.72 bits per heavy atom. The SMILES string of the molecule is CO.COC(=O)/C=C/c1ccc(C(C(=O)Nc2ccc(C(F)(F)F)cc2)N(C=O)CCN2CCOCC2)cc1. The fourth-order valence-electron chi connectivity index (χ4n) is 3.79. The zero-order valence-corrected chi connectivity index (χ0v) is 21.7. The first-order valence-electron chi connectivity index (χ1n) is 12.0. The van der Waals surface area contributed by atoms with E-state index in [1.165, 1.54) is 18.1 Å². The van der Waals surface area contributed by atoms with Crippen LogP contribution in [0.15, 0.2) is 54.6 Å². The van der Waals surface area contributed by atoms with E-state index in [0.29, 0.717) is 50.4 Å². The Kier molecular flexibility index (Phi) is 12.6. The largest absolute Gasteiger partial charge is 0.466 e. The summed E-state index contributed by atoms with van der Waals surface area (Å²) in [4.78, 5) is 40.3. The number of methoxy groups -OCH3 is 1. The second kappa shape index (κ2) is 15.6. The average Bonchev–Trinajstić information content (AvgIpc) is 2.95. The van der Waals surface area contributed by atoms with Gasteiger partial charge in [0.25, 0.3) is 5.91 Å². The number of amides is 2. The highest BCUT2D eigenvalue weighted by molar-refractivity contribution is 5.96. The summed E-state index contributed by atoms with van der Waals surface area (Å²) >= 11 is 0. The normalized spacial score (nSPS) is 14.6. The van der Waals surface area contributed by atoms with E-state index in [-0.39, 0.29) is 12.2 Å². The van der Waals surface area contributed by atoms with Crippen LogP contribution in [0.5, 0.6) is 0 Å². The number of hydrogen-bond acceptors (Lipinski definition) is 7. The van der Waals surface area contributed by atoms with Gasteiger partial charge in [-0.2, -0.15) is 13.2 Å². The number of ether oxygens (including phenoxy) is 2. The van der Waals surface area contributed by atoms with E-state index in [0.717, 1.165) is 31.4 Å². The monoisotopic (exact) mass is 551 g/mol. The topological polar surface area (TPSA) is 108 Å². The third kappa shape index (κ3) is 9.82. The molecule has 2 aromatic carbocycles. The number of aliphatic hydroxyl groups is 1. The van der Waals surface area contributed by atoms with Gasteiger partial charge in [0.2, 0.25) is 6.41 Å². The van der Waals surface area contributed by atoms with Crippen molar-refractivity contribution in [1.82, 2.24) is 9.80 Å². The smallest absolute Gasteiger partial charge is 0.416 e. The van der Waals surface area contributed by atoms with Gasteiger partial charge in [0, 0.05) is 45.1 Å². The highest BCUT2D eigenvalue weighted by atomic mass is 19.4. The molecule has 2 amide bonds. The molecular formula is C27H32F3N3O6. The van der Waals surface area contributed by atoms with Crippen molar-refractivity contribution in [2.24, 2.45) is 0 Å². The number of nitrogens with one attached hydrogen (secondary N) is 1. The van der Waals surface area contributed by atoms with Gasteiger partial charge in [-0.05, 0) is 41.5 Å². The minimum Gasteiger partial charge on any atom is -0.466 e. The van der Waals surface area contributed by atoms with Crippen molar-refractivity contribution in [3.63, 3.8) is 0 Å². The summed E-state index contributed by atoms with van der Waals surface area (Å²) in [5, 5.41) is 9.62. The zero-order valence-electron chi connectivity index (χ0n) is 21.7. The maximum Gasteiger partial charge on any atom is 0.416 e. The quantitative estimate of drug-likeness (QED) is 0.266. The van der Waals surface area contributed by atoms with Crippen LogP contribution >= 0.6 is 0 Å². The maximum absolute atomic E-state index is 13.3. The lowest BCUT2D eigenvalue weighted by Gasteiger charge is -2.32. The number of rotatable bonds is 10. The summed E-state index contributed by atoms with van der Waals surface area (Å²) in [6.45, 7) is 3.34. The standard InChI is InChI=1S/C26H28F3N3O5.CH4O/c1-36-23(34)11-4-19-2-5-20(6-3-19)24(32(18-33)13-12-31-14-16-37-17-15-31)25(35)30-22-9-7-21(8-10-22)26(27,28)29;1-2/h2-11,18,24H,12-17H2,1H3,(H,30,35);2H,1H3/b11-4+;.